The summed E-state index contributed by atoms with van der Waals surface area (Å²) in [6.07, 6.45) is 4.07. The lowest BCUT2D eigenvalue weighted by Crippen LogP contribution is -2.38. The van der Waals surface area contributed by atoms with E-state index in [0.717, 1.165) is 37.3 Å². The Morgan fingerprint density at radius 2 is 2.15 bits per heavy atom. The molecule has 0 spiro atoms. The molecular weight excluding hydrogens is 394 g/mol. The van der Waals surface area contributed by atoms with Gasteiger partial charge in [-0.05, 0) is 49.2 Å². The van der Waals surface area contributed by atoms with Gasteiger partial charge in [-0.25, -0.2) is 0 Å². The van der Waals surface area contributed by atoms with Crippen molar-refractivity contribution >= 4 is 46.0 Å². The van der Waals surface area contributed by atoms with Gasteiger partial charge in [0.2, 0.25) is 0 Å². The molecule has 0 aliphatic carbocycles. The molecule has 1 aromatic heterocycles. The van der Waals surface area contributed by atoms with Gasteiger partial charge >= 0.3 is 0 Å². The smallest absolute Gasteiger partial charge is 0.107 e. The summed E-state index contributed by atoms with van der Waals surface area (Å²) in [4.78, 5) is 5.77. The Balaban J connectivity index is 1.54. The van der Waals surface area contributed by atoms with E-state index < -0.39 is 0 Å². The molecule has 1 fully saturated rings. The lowest BCUT2D eigenvalue weighted by molar-refractivity contribution is -0.120. The maximum atomic E-state index is 6.00. The van der Waals surface area contributed by atoms with E-state index >= 15 is 0 Å². The van der Waals surface area contributed by atoms with Gasteiger partial charge in [-0.3, -0.25) is 0 Å². The summed E-state index contributed by atoms with van der Waals surface area (Å²) in [5, 5.41) is 0. The SMILES string of the molecule is CO[C@]1(c2ccc(Sc3ccc4c(c3)CCC(=S)N4C)s2)CCO[C@@H](C)C1. The molecular formula is C21H25NO2S3. The minimum absolute atomic E-state index is 0.199. The molecule has 1 saturated heterocycles. The van der Waals surface area contributed by atoms with Crippen molar-refractivity contribution in [2.45, 2.75) is 53.4 Å². The molecule has 3 nitrogen and oxygen atoms in total. The average Bonchev–Trinajstić information content (AvgIpc) is 3.14. The highest BCUT2D eigenvalue weighted by Crippen LogP contribution is 2.44. The van der Waals surface area contributed by atoms with Gasteiger partial charge in [0, 0.05) is 48.9 Å². The number of thiophene rings is 1. The molecule has 1 aromatic carbocycles. The molecule has 0 amide bonds. The van der Waals surface area contributed by atoms with Crippen molar-refractivity contribution in [3.63, 3.8) is 0 Å². The summed E-state index contributed by atoms with van der Waals surface area (Å²) < 4.78 is 13.0. The van der Waals surface area contributed by atoms with Crippen LogP contribution in [0.2, 0.25) is 0 Å². The van der Waals surface area contributed by atoms with Crippen LogP contribution in [0.15, 0.2) is 39.4 Å². The first-order chi connectivity index (χ1) is 13.0. The number of fused-ring (bicyclic) bond motifs is 1. The highest BCUT2D eigenvalue weighted by Gasteiger charge is 2.38. The van der Waals surface area contributed by atoms with Crippen molar-refractivity contribution in [3.8, 4) is 0 Å². The van der Waals surface area contributed by atoms with E-state index in [1.165, 1.54) is 25.2 Å². The molecule has 0 radical (unpaired) electrons. The number of methoxy groups -OCH3 is 1. The zero-order valence-corrected chi connectivity index (χ0v) is 18.4. The number of benzene rings is 1. The van der Waals surface area contributed by atoms with Crippen molar-refractivity contribution in [2.24, 2.45) is 0 Å². The Labute approximate surface area is 175 Å². The van der Waals surface area contributed by atoms with Gasteiger partial charge in [-0.2, -0.15) is 0 Å². The topological polar surface area (TPSA) is 21.7 Å². The highest BCUT2D eigenvalue weighted by molar-refractivity contribution is 8.01. The minimum Gasteiger partial charge on any atom is -0.378 e. The van der Waals surface area contributed by atoms with E-state index in [0.29, 0.717) is 0 Å². The average molecular weight is 420 g/mol. The Hall–Kier alpha value is -0.920. The zero-order valence-electron chi connectivity index (χ0n) is 16.0. The Morgan fingerprint density at radius 3 is 2.93 bits per heavy atom. The summed E-state index contributed by atoms with van der Waals surface area (Å²) in [5.41, 5.74) is 2.44. The molecule has 2 aliphatic rings. The van der Waals surface area contributed by atoms with E-state index in [1.54, 1.807) is 0 Å². The largest absolute Gasteiger partial charge is 0.378 e. The lowest BCUT2D eigenvalue weighted by atomic mass is 9.89. The van der Waals surface area contributed by atoms with Crippen LogP contribution in [-0.4, -0.2) is 31.9 Å². The highest BCUT2D eigenvalue weighted by atomic mass is 32.2. The molecule has 0 N–H and O–H groups in total. The number of anilines is 1. The van der Waals surface area contributed by atoms with Crippen molar-refractivity contribution in [1.82, 2.24) is 0 Å². The van der Waals surface area contributed by atoms with Crippen LogP contribution in [0, 0.1) is 0 Å². The third-order valence-corrected chi connectivity index (χ3v) is 8.43. The van der Waals surface area contributed by atoms with Crippen LogP contribution in [0.25, 0.3) is 0 Å². The molecule has 0 bridgehead atoms. The van der Waals surface area contributed by atoms with Gasteiger partial charge in [-0.1, -0.05) is 24.0 Å². The van der Waals surface area contributed by atoms with Crippen molar-refractivity contribution < 1.29 is 9.47 Å². The predicted octanol–water partition coefficient (Wildman–Crippen LogP) is 5.65. The molecule has 144 valence electrons. The minimum atomic E-state index is -0.199. The number of aryl methyl sites for hydroxylation is 1. The molecule has 4 rings (SSSR count). The van der Waals surface area contributed by atoms with Crippen LogP contribution in [0.3, 0.4) is 0 Å². The number of rotatable bonds is 4. The normalized spacial score (nSPS) is 25.5. The second-order valence-electron chi connectivity index (χ2n) is 7.30. The summed E-state index contributed by atoms with van der Waals surface area (Å²) in [6, 6.07) is 11.2. The van der Waals surface area contributed by atoms with Crippen LogP contribution in [0.4, 0.5) is 5.69 Å². The Morgan fingerprint density at radius 1 is 1.30 bits per heavy atom. The van der Waals surface area contributed by atoms with Crippen LogP contribution in [0.5, 0.6) is 0 Å². The van der Waals surface area contributed by atoms with E-state index in [-0.39, 0.29) is 11.7 Å². The number of nitrogens with zero attached hydrogens (tertiary/aromatic N) is 1. The fourth-order valence-corrected chi connectivity index (χ4v) is 6.57. The van der Waals surface area contributed by atoms with Gasteiger partial charge in [-0.15, -0.1) is 11.3 Å². The Bertz CT molecular complexity index is 850. The molecule has 2 atom stereocenters. The van der Waals surface area contributed by atoms with Gasteiger partial charge in [0.1, 0.15) is 5.60 Å². The quantitative estimate of drug-likeness (QED) is 0.596. The maximum Gasteiger partial charge on any atom is 0.107 e. The summed E-state index contributed by atoms with van der Waals surface area (Å²) in [5.74, 6) is 0. The first-order valence-corrected chi connectivity index (χ1v) is 11.4. The van der Waals surface area contributed by atoms with Crippen LogP contribution < -0.4 is 4.90 Å². The van der Waals surface area contributed by atoms with E-state index in [1.807, 2.05) is 30.2 Å². The number of ether oxygens (including phenoxy) is 2. The molecule has 2 aromatic rings. The molecule has 2 aliphatic heterocycles. The van der Waals surface area contributed by atoms with Gasteiger partial charge in [0.25, 0.3) is 0 Å². The van der Waals surface area contributed by atoms with Crippen molar-refractivity contribution in [3.05, 3.63) is 40.8 Å². The summed E-state index contributed by atoms with van der Waals surface area (Å²) in [6.45, 7) is 2.89. The second-order valence-corrected chi connectivity index (χ2v) is 10.2. The van der Waals surface area contributed by atoms with Gasteiger partial charge in [0.05, 0.1) is 21.9 Å². The summed E-state index contributed by atoms with van der Waals surface area (Å²) in [7, 11) is 3.90. The van der Waals surface area contributed by atoms with Crippen LogP contribution in [-0.2, 0) is 21.5 Å². The Kier molecular flexibility index (Phi) is 5.63. The zero-order chi connectivity index (χ0) is 19.0. The second kappa shape index (κ2) is 7.84. The first kappa shape index (κ1) is 19.4. The molecule has 0 saturated carbocycles. The molecule has 27 heavy (non-hydrogen) atoms. The van der Waals surface area contributed by atoms with Gasteiger partial charge in [0.15, 0.2) is 0 Å². The lowest BCUT2D eigenvalue weighted by Gasteiger charge is -2.38. The number of hydrogen-bond acceptors (Lipinski definition) is 5. The fourth-order valence-electron chi connectivity index (χ4n) is 3.99. The predicted molar refractivity (Wildman–Crippen MR) is 118 cm³/mol. The third-order valence-electron chi connectivity index (χ3n) is 5.56. The summed E-state index contributed by atoms with van der Waals surface area (Å²) >= 11 is 9.13. The van der Waals surface area contributed by atoms with Crippen molar-refractivity contribution in [1.29, 1.82) is 0 Å². The van der Waals surface area contributed by atoms with E-state index in [4.69, 9.17) is 21.7 Å². The van der Waals surface area contributed by atoms with Crippen molar-refractivity contribution in [2.75, 3.05) is 25.7 Å². The number of thiocarbonyl (C=S) groups is 1. The standard InChI is InChI=1S/C21H25NO2S3/c1-14-13-21(23-3,10-11-24-14)18-7-9-20(27-18)26-16-5-6-17-15(12-16)4-8-19(25)22(17)2/h5-7,9,12,14H,4,8,10-11,13H2,1-3H3/t14-,21+/m0/s1. The van der Waals surface area contributed by atoms with E-state index in [2.05, 4.69) is 49.2 Å². The monoisotopic (exact) mass is 419 g/mol. The number of hydrogen-bond donors (Lipinski definition) is 0. The molecule has 0 unspecified atom stereocenters. The third kappa shape index (κ3) is 3.83. The van der Waals surface area contributed by atoms with Gasteiger partial charge < -0.3 is 14.4 Å². The maximum absolute atomic E-state index is 6.00. The van der Waals surface area contributed by atoms with Crippen LogP contribution >= 0.6 is 35.3 Å². The first-order valence-electron chi connectivity index (χ1n) is 9.35. The van der Waals surface area contributed by atoms with Crippen LogP contribution in [0.1, 0.15) is 36.6 Å². The molecule has 6 heteroatoms. The molecule has 3 heterocycles. The fraction of sp³-hybridized carbons (Fsp3) is 0.476. The van der Waals surface area contributed by atoms with E-state index in [9.17, 15) is 0 Å².